The summed E-state index contributed by atoms with van der Waals surface area (Å²) in [5.74, 6) is 0. The number of nitrogens with one attached hydrogen (secondary N) is 1. The number of ether oxygens (including phenoxy) is 1. The second-order valence-electron chi connectivity index (χ2n) is 4.51. The summed E-state index contributed by atoms with van der Waals surface area (Å²) in [4.78, 5) is 12.2. The van der Waals surface area contributed by atoms with E-state index >= 15 is 0 Å². The van der Waals surface area contributed by atoms with E-state index in [0.717, 1.165) is 12.8 Å². The van der Waals surface area contributed by atoms with Gasteiger partial charge >= 0.3 is 0 Å². The van der Waals surface area contributed by atoms with Gasteiger partial charge in [-0.25, -0.2) is 0 Å². The number of aromatic nitrogens is 1. The number of pyridine rings is 1. The fourth-order valence-corrected chi connectivity index (χ4v) is 2.63. The molecule has 0 saturated heterocycles. The zero-order chi connectivity index (χ0) is 12.3. The van der Waals surface area contributed by atoms with Crippen LogP contribution in [0, 0.1) is 0 Å². The molecule has 1 saturated carbocycles. The highest BCUT2D eigenvalue weighted by Crippen LogP contribution is 2.29. The highest BCUT2D eigenvalue weighted by atomic mass is 16.5. The van der Waals surface area contributed by atoms with E-state index in [1.165, 1.54) is 12.8 Å². The van der Waals surface area contributed by atoms with Gasteiger partial charge in [-0.3, -0.25) is 4.79 Å². The van der Waals surface area contributed by atoms with Gasteiger partial charge < -0.3 is 14.6 Å². The van der Waals surface area contributed by atoms with Gasteiger partial charge in [-0.1, -0.05) is 12.8 Å². The molecule has 1 aromatic rings. The van der Waals surface area contributed by atoms with E-state index in [4.69, 9.17) is 4.74 Å². The molecule has 94 valence electrons. The Kier molecular flexibility index (Phi) is 3.84. The number of rotatable bonds is 3. The molecule has 17 heavy (non-hydrogen) atoms. The molecule has 1 aliphatic carbocycles. The summed E-state index contributed by atoms with van der Waals surface area (Å²) < 4.78 is 7.33. The molecule has 4 nitrogen and oxygen atoms in total. The van der Waals surface area contributed by atoms with Crippen molar-refractivity contribution in [1.29, 1.82) is 0 Å². The third-order valence-electron chi connectivity index (χ3n) is 3.57. The number of hydrogen-bond acceptors (Lipinski definition) is 3. The first-order valence-corrected chi connectivity index (χ1v) is 6.19. The Morgan fingerprint density at radius 1 is 1.41 bits per heavy atom. The Balaban J connectivity index is 2.35. The summed E-state index contributed by atoms with van der Waals surface area (Å²) >= 11 is 0. The molecule has 1 aliphatic rings. The molecule has 0 spiro atoms. The van der Waals surface area contributed by atoms with E-state index in [9.17, 15) is 4.79 Å². The number of nitrogens with zero attached hydrogens (tertiary/aromatic N) is 1. The molecule has 1 N–H and O–H groups in total. The van der Waals surface area contributed by atoms with Gasteiger partial charge in [-0.05, 0) is 25.0 Å². The van der Waals surface area contributed by atoms with E-state index < -0.39 is 0 Å². The predicted molar refractivity (Wildman–Crippen MR) is 68.6 cm³/mol. The second-order valence-corrected chi connectivity index (χ2v) is 4.51. The van der Waals surface area contributed by atoms with E-state index in [1.807, 2.05) is 22.9 Å². The van der Waals surface area contributed by atoms with Gasteiger partial charge in [0.25, 0.3) is 5.56 Å². The molecule has 0 aromatic carbocycles. The van der Waals surface area contributed by atoms with E-state index in [0.29, 0.717) is 5.69 Å². The van der Waals surface area contributed by atoms with Crippen LogP contribution in [-0.4, -0.2) is 24.8 Å². The quantitative estimate of drug-likeness (QED) is 0.873. The zero-order valence-electron chi connectivity index (χ0n) is 10.5. The second kappa shape index (κ2) is 5.36. The standard InChI is InChI=1S/C13H20N2O2/c1-14-10-6-5-9-15(13(10)16)11-7-3-4-8-12(11)17-2/h5-6,9,11-12,14H,3-4,7-8H2,1-2H3/t11-,12+/m0/s1. The fourth-order valence-electron chi connectivity index (χ4n) is 2.63. The minimum atomic E-state index is 0.0453. The van der Waals surface area contributed by atoms with Crippen molar-refractivity contribution in [2.24, 2.45) is 0 Å². The van der Waals surface area contributed by atoms with Crippen LogP contribution in [0.1, 0.15) is 31.7 Å². The van der Waals surface area contributed by atoms with Crippen molar-refractivity contribution in [2.75, 3.05) is 19.5 Å². The highest BCUT2D eigenvalue weighted by molar-refractivity contribution is 5.39. The van der Waals surface area contributed by atoms with Crippen LogP contribution in [-0.2, 0) is 4.74 Å². The largest absolute Gasteiger partial charge is 0.384 e. The Morgan fingerprint density at radius 2 is 2.18 bits per heavy atom. The molecule has 0 bridgehead atoms. The van der Waals surface area contributed by atoms with Crippen LogP contribution < -0.4 is 10.9 Å². The van der Waals surface area contributed by atoms with Crippen LogP contribution in [0.4, 0.5) is 5.69 Å². The van der Waals surface area contributed by atoms with Crippen LogP contribution in [0.2, 0.25) is 0 Å². The summed E-state index contributed by atoms with van der Waals surface area (Å²) in [6, 6.07) is 3.90. The molecule has 1 aromatic heterocycles. The Bertz CT molecular complexity index is 428. The van der Waals surface area contributed by atoms with Crippen LogP contribution in [0.3, 0.4) is 0 Å². The lowest BCUT2D eigenvalue weighted by Gasteiger charge is -2.32. The van der Waals surface area contributed by atoms with Crippen molar-refractivity contribution < 1.29 is 4.74 Å². The van der Waals surface area contributed by atoms with Crippen molar-refractivity contribution >= 4 is 5.69 Å². The summed E-state index contributed by atoms with van der Waals surface area (Å²) in [5.41, 5.74) is 0.692. The molecule has 1 heterocycles. The molecule has 0 radical (unpaired) electrons. The van der Waals surface area contributed by atoms with E-state index in [-0.39, 0.29) is 17.7 Å². The summed E-state index contributed by atoms with van der Waals surface area (Å²) in [6.45, 7) is 0. The maximum atomic E-state index is 12.2. The van der Waals surface area contributed by atoms with Crippen molar-refractivity contribution in [3.8, 4) is 0 Å². The average molecular weight is 236 g/mol. The molecule has 1 fully saturated rings. The maximum Gasteiger partial charge on any atom is 0.274 e. The fraction of sp³-hybridized carbons (Fsp3) is 0.615. The molecular formula is C13H20N2O2. The van der Waals surface area contributed by atoms with Crippen molar-refractivity contribution in [3.63, 3.8) is 0 Å². The summed E-state index contributed by atoms with van der Waals surface area (Å²) in [7, 11) is 3.51. The van der Waals surface area contributed by atoms with Gasteiger partial charge in [0.2, 0.25) is 0 Å². The molecule has 0 amide bonds. The lowest BCUT2D eigenvalue weighted by molar-refractivity contribution is 0.0278. The lowest BCUT2D eigenvalue weighted by Crippen LogP contribution is -2.36. The molecule has 4 heteroatoms. The summed E-state index contributed by atoms with van der Waals surface area (Å²) in [6.07, 6.45) is 6.44. The smallest absolute Gasteiger partial charge is 0.274 e. The first-order chi connectivity index (χ1) is 8.27. The average Bonchev–Trinajstić information content (AvgIpc) is 2.39. The molecule has 2 atom stereocenters. The van der Waals surface area contributed by atoms with Crippen LogP contribution in [0.15, 0.2) is 23.1 Å². The van der Waals surface area contributed by atoms with Crippen LogP contribution >= 0.6 is 0 Å². The molecule has 0 aliphatic heterocycles. The number of anilines is 1. The van der Waals surface area contributed by atoms with Crippen LogP contribution in [0.5, 0.6) is 0 Å². The Morgan fingerprint density at radius 3 is 2.88 bits per heavy atom. The van der Waals surface area contributed by atoms with E-state index in [1.54, 1.807) is 14.2 Å². The van der Waals surface area contributed by atoms with Gasteiger partial charge in [0.15, 0.2) is 0 Å². The van der Waals surface area contributed by atoms with Gasteiger partial charge in [-0.2, -0.15) is 0 Å². The third kappa shape index (κ3) is 2.36. The predicted octanol–water partition coefficient (Wildman–Crippen LogP) is 2.02. The minimum Gasteiger partial charge on any atom is -0.384 e. The highest BCUT2D eigenvalue weighted by Gasteiger charge is 2.27. The van der Waals surface area contributed by atoms with E-state index in [2.05, 4.69) is 5.32 Å². The normalized spacial score (nSPS) is 24.6. The minimum absolute atomic E-state index is 0.0453. The summed E-state index contributed by atoms with van der Waals surface area (Å²) in [5, 5.41) is 2.93. The van der Waals surface area contributed by atoms with Crippen molar-refractivity contribution in [3.05, 3.63) is 28.7 Å². The third-order valence-corrected chi connectivity index (χ3v) is 3.57. The zero-order valence-corrected chi connectivity index (χ0v) is 10.5. The number of hydrogen-bond donors (Lipinski definition) is 1. The molecular weight excluding hydrogens is 216 g/mol. The SMILES string of the molecule is CNc1cccn([C@H]2CCCC[C@H]2OC)c1=O. The van der Waals surface area contributed by atoms with Gasteiger partial charge in [0, 0.05) is 20.4 Å². The molecule has 0 unspecified atom stereocenters. The van der Waals surface area contributed by atoms with Gasteiger partial charge in [0.05, 0.1) is 12.1 Å². The van der Waals surface area contributed by atoms with Crippen molar-refractivity contribution in [2.45, 2.75) is 37.8 Å². The van der Waals surface area contributed by atoms with Crippen molar-refractivity contribution in [1.82, 2.24) is 4.57 Å². The molecule has 2 rings (SSSR count). The first-order valence-electron chi connectivity index (χ1n) is 6.19. The number of methoxy groups -OCH3 is 1. The first kappa shape index (κ1) is 12.2. The van der Waals surface area contributed by atoms with Gasteiger partial charge in [-0.15, -0.1) is 0 Å². The Hall–Kier alpha value is -1.29. The maximum absolute atomic E-state index is 12.2. The topological polar surface area (TPSA) is 43.3 Å². The van der Waals surface area contributed by atoms with Crippen LogP contribution in [0.25, 0.3) is 0 Å². The monoisotopic (exact) mass is 236 g/mol. The Labute approximate surface area is 102 Å². The lowest BCUT2D eigenvalue weighted by atomic mass is 9.92. The van der Waals surface area contributed by atoms with Gasteiger partial charge in [0.1, 0.15) is 5.69 Å².